The maximum absolute atomic E-state index is 11.6. The fourth-order valence-corrected chi connectivity index (χ4v) is 1.43. The molecule has 88 valence electrons. The highest BCUT2D eigenvalue weighted by Crippen LogP contribution is 2.15. The molecule has 0 spiro atoms. The SMILES string of the molecule is COCC(N)C(=O)Nc1ccc(C)cc1C. The van der Waals surface area contributed by atoms with Gasteiger partial charge in [-0.1, -0.05) is 17.7 Å². The third-order valence-electron chi connectivity index (χ3n) is 2.32. The highest BCUT2D eigenvalue weighted by Gasteiger charge is 2.13. The van der Waals surface area contributed by atoms with Crippen LogP contribution in [0.4, 0.5) is 5.69 Å². The van der Waals surface area contributed by atoms with Crippen molar-refractivity contribution in [3.05, 3.63) is 29.3 Å². The molecule has 0 radical (unpaired) electrons. The van der Waals surface area contributed by atoms with Crippen molar-refractivity contribution in [2.45, 2.75) is 19.9 Å². The Hall–Kier alpha value is -1.39. The van der Waals surface area contributed by atoms with Gasteiger partial charge in [0, 0.05) is 12.8 Å². The van der Waals surface area contributed by atoms with Crippen molar-refractivity contribution in [3.63, 3.8) is 0 Å². The number of ether oxygens (including phenoxy) is 1. The molecular weight excluding hydrogens is 204 g/mol. The van der Waals surface area contributed by atoms with E-state index in [9.17, 15) is 4.79 Å². The number of rotatable bonds is 4. The molecule has 0 saturated carbocycles. The number of anilines is 1. The van der Waals surface area contributed by atoms with Crippen molar-refractivity contribution < 1.29 is 9.53 Å². The van der Waals surface area contributed by atoms with Crippen LogP contribution in [0.2, 0.25) is 0 Å². The van der Waals surface area contributed by atoms with Crippen molar-refractivity contribution in [1.82, 2.24) is 0 Å². The van der Waals surface area contributed by atoms with Gasteiger partial charge in [-0.15, -0.1) is 0 Å². The molecule has 0 fully saturated rings. The highest BCUT2D eigenvalue weighted by atomic mass is 16.5. The summed E-state index contributed by atoms with van der Waals surface area (Å²) in [5, 5.41) is 2.78. The van der Waals surface area contributed by atoms with E-state index in [1.54, 1.807) is 0 Å². The largest absolute Gasteiger partial charge is 0.383 e. The molecular formula is C12H18N2O2. The fraction of sp³-hybridized carbons (Fsp3) is 0.417. The number of aryl methyl sites for hydroxylation is 2. The molecule has 1 aromatic carbocycles. The maximum Gasteiger partial charge on any atom is 0.243 e. The Morgan fingerprint density at radius 2 is 2.19 bits per heavy atom. The summed E-state index contributed by atoms with van der Waals surface area (Å²) >= 11 is 0. The molecule has 0 heterocycles. The van der Waals surface area contributed by atoms with Crippen molar-refractivity contribution in [3.8, 4) is 0 Å². The van der Waals surface area contributed by atoms with E-state index >= 15 is 0 Å². The summed E-state index contributed by atoms with van der Waals surface area (Å²) in [5.41, 5.74) is 8.60. The number of nitrogens with one attached hydrogen (secondary N) is 1. The molecule has 0 aliphatic rings. The van der Waals surface area contributed by atoms with Gasteiger partial charge in [-0.05, 0) is 25.5 Å². The first kappa shape index (κ1) is 12.7. The van der Waals surface area contributed by atoms with Gasteiger partial charge in [0.05, 0.1) is 6.61 Å². The minimum atomic E-state index is -0.634. The van der Waals surface area contributed by atoms with Gasteiger partial charge in [0.2, 0.25) is 5.91 Å². The molecule has 1 aromatic rings. The van der Waals surface area contributed by atoms with Gasteiger partial charge in [0.25, 0.3) is 0 Å². The lowest BCUT2D eigenvalue weighted by molar-refractivity contribution is -0.118. The van der Waals surface area contributed by atoms with Crippen LogP contribution in [0.1, 0.15) is 11.1 Å². The quantitative estimate of drug-likeness (QED) is 0.805. The Morgan fingerprint density at radius 3 is 2.75 bits per heavy atom. The summed E-state index contributed by atoms with van der Waals surface area (Å²) in [4.78, 5) is 11.6. The van der Waals surface area contributed by atoms with Crippen LogP contribution in [0, 0.1) is 13.8 Å². The lowest BCUT2D eigenvalue weighted by atomic mass is 10.1. The zero-order valence-electron chi connectivity index (χ0n) is 9.91. The van der Waals surface area contributed by atoms with E-state index < -0.39 is 6.04 Å². The van der Waals surface area contributed by atoms with Gasteiger partial charge in [-0.3, -0.25) is 4.79 Å². The molecule has 1 amide bonds. The van der Waals surface area contributed by atoms with Crippen molar-refractivity contribution >= 4 is 11.6 Å². The maximum atomic E-state index is 11.6. The normalized spacial score (nSPS) is 12.2. The lowest BCUT2D eigenvalue weighted by Crippen LogP contribution is -2.39. The number of hydrogen-bond acceptors (Lipinski definition) is 3. The summed E-state index contributed by atoms with van der Waals surface area (Å²) in [6.45, 7) is 4.18. The summed E-state index contributed by atoms with van der Waals surface area (Å²) in [5.74, 6) is -0.228. The van der Waals surface area contributed by atoms with E-state index in [4.69, 9.17) is 10.5 Å². The van der Waals surface area contributed by atoms with Crippen LogP contribution >= 0.6 is 0 Å². The second-order valence-electron chi connectivity index (χ2n) is 3.87. The number of amides is 1. The third-order valence-corrected chi connectivity index (χ3v) is 2.32. The molecule has 0 aliphatic carbocycles. The Labute approximate surface area is 95.8 Å². The van der Waals surface area contributed by atoms with Crippen molar-refractivity contribution in [2.75, 3.05) is 19.0 Å². The molecule has 0 bridgehead atoms. The minimum Gasteiger partial charge on any atom is -0.383 e. The number of carbonyl (C=O) groups excluding carboxylic acids is 1. The number of hydrogen-bond donors (Lipinski definition) is 2. The molecule has 16 heavy (non-hydrogen) atoms. The van der Waals surface area contributed by atoms with Crippen LogP contribution in [0.25, 0.3) is 0 Å². The van der Waals surface area contributed by atoms with Crippen LogP contribution in [0.3, 0.4) is 0 Å². The molecule has 1 unspecified atom stereocenters. The summed E-state index contributed by atoms with van der Waals surface area (Å²) in [6.07, 6.45) is 0. The first-order valence-corrected chi connectivity index (χ1v) is 5.17. The van der Waals surface area contributed by atoms with Gasteiger partial charge in [-0.2, -0.15) is 0 Å². The van der Waals surface area contributed by atoms with Crippen molar-refractivity contribution in [1.29, 1.82) is 0 Å². The smallest absolute Gasteiger partial charge is 0.243 e. The van der Waals surface area contributed by atoms with Crippen LogP contribution in [0.5, 0.6) is 0 Å². The first-order valence-electron chi connectivity index (χ1n) is 5.17. The minimum absolute atomic E-state index is 0.219. The van der Waals surface area contributed by atoms with Gasteiger partial charge >= 0.3 is 0 Å². The lowest BCUT2D eigenvalue weighted by Gasteiger charge is -2.13. The zero-order valence-corrected chi connectivity index (χ0v) is 9.91. The topological polar surface area (TPSA) is 64.3 Å². The van der Waals surface area contributed by atoms with Gasteiger partial charge in [-0.25, -0.2) is 0 Å². The molecule has 0 saturated heterocycles. The van der Waals surface area contributed by atoms with Gasteiger partial charge in [0.15, 0.2) is 0 Å². The summed E-state index contributed by atoms with van der Waals surface area (Å²) < 4.78 is 4.83. The zero-order chi connectivity index (χ0) is 12.1. The van der Waals surface area contributed by atoms with Crippen molar-refractivity contribution in [2.24, 2.45) is 5.73 Å². The average Bonchev–Trinajstić information content (AvgIpc) is 2.22. The number of carbonyl (C=O) groups is 1. The standard InChI is InChI=1S/C12H18N2O2/c1-8-4-5-11(9(2)6-8)14-12(15)10(13)7-16-3/h4-6,10H,7,13H2,1-3H3,(H,14,15). The monoisotopic (exact) mass is 222 g/mol. The molecule has 4 nitrogen and oxygen atoms in total. The van der Waals surface area contributed by atoms with Crippen LogP contribution in [0.15, 0.2) is 18.2 Å². The Bertz CT molecular complexity index is 377. The van der Waals surface area contributed by atoms with E-state index in [1.807, 2.05) is 32.0 Å². The first-order chi connectivity index (χ1) is 7.54. The van der Waals surface area contributed by atoms with E-state index in [0.717, 1.165) is 16.8 Å². The van der Waals surface area contributed by atoms with E-state index in [-0.39, 0.29) is 12.5 Å². The predicted octanol–water partition coefficient (Wildman–Crippen LogP) is 1.22. The van der Waals surface area contributed by atoms with Crippen LogP contribution in [-0.2, 0) is 9.53 Å². The van der Waals surface area contributed by atoms with Gasteiger partial charge < -0.3 is 15.8 Å². The Balaban J connectivity index is 2.69. The number of methoxy groups -OCH3 is 1. The summed E-state index contributed by atoms with van der Waals surface area (Å²) in [7, 11) is 1.52. The summed E-state index contributed by atoms with van der Waals surface area (Å²) in [6, 6.07) is 5.20. The fourth-order valence-electron chi connectivity index (χ4n) is 1.43. The Kier molecular flexibility index (Phi) is 4.46. The molecule has 1 atom stereocenters. The third kappa shape index (κ3) is 3.32. The van der Waals surface area contributed by atoms with Crippen LogP contribution < -0.4 is 11.1 Å². The second-order valence-corrected chi connectivity index (χ2v) is 3.87. The van der Waals surface area contributed by atoms with E-state index in [1.165, 1.54) is 7.11 Å². The molecule has 3 N–H and O–H groups in total. The van der Waals surface area contributed by atoms with Crippen LogP contribution in [-0.4, -0.2) is 25.7 Å². The molecule has 1 rings (SSSR count). The number of benzene rings is 1. The molecule has 4 heteroatoms. The second kappa shape index (κ2) is 5.63. The van der Waals surface area contributed by atoms with E-state index in [2.05, 4.69) is 5.32 Å². The Morgan fingerprint density at radius 1 is 1.50 bits per heavy atom. The molecule has 0 aromatic heterocycles. The highest BCUT2D eigenvalue weighted by molar-refractivity contribution is 5.95. The number of nitrogens with two attached hydrogens (primary N) is 1. The van der Waals surface area contributed by atoms with E-state index in [0.29, 0.717) is 0 Å². The van der Waals surface area contributed by atoms with Gasteiger partial charge in [0.1, 0.15) is 6.04 Å². The average molecular weight is 222 g/mol. The predicted molar refractivity (Wildman–Crippen MR) is 64.4 cm³/mol. The molecule has 0 aliphatic heterocycles.